The van der Waals surface area contributed by atoms with E-state index in [0.29, 0.717) is 22.4 Å². The molecular formula is C33H27N5O9S. The Morgan fingerprint density at radius 1 is 0.750 bits per heavy atom. The van der Waals surface area contributed by atoms with Crippen molar-refractivity contribution < 1.29 is 42.7 Å². The van der Waals surface area contributed by atoms with Crippen LogP contribution in [0.2, 0.25) is 0 Å². The summed E-state index contributed by atoms with van der Waals surface area (Å²) >= 11 is 0. The number of phenolic OH excluding ortho intramolecular Hbond substituents is 1. The first-order chi connectivity index (χ1) is 22.6. The molecule has 0 aliphatic heterocycles. The van der Waals surface area contributed by atoms with Gasteiger partial charge in [0, 0.05) is 33.6 Å². The zero-order chi connectivity index (χ0) is 34.9. The average Bonchev–Trinajstić information content (AvgIpc) is 3.02. The van der Waals surface area contributed by atoms with Crippen LogP contribution in [-0.4, -0.2) is 46.1 Å². The van der Waals surface area contributed by atoms with Crippen molar-refractivity contribution in [1.29, 1.82) is 0 Å². The van der Waals surface area contributed by atoms with Crippen molar-refractivity contribution in [3.63, 3.8) is 0 Å². The van der Waals surface area contributed by atoms with E-state index in [1.54, 1.807) is 32.0 Å². The summed E-state index contributed by atoms with van der Waals surface area (Å²) in [5.74, 6) is -3.47. The molecular weight excluding hydrogens is 642 g/mol. The van der Waals surface area contributed by atoms with E-state index < -0.39 is 55.5 Å². The van der Waals surface area contributed by atoms with Gasteiger partial charge in [-0.2, -0.15) is 13.5 Å². The van der Waals surface area contributed by atoms with Crippen molar-refractivity contribution >= 4 is 67.1 Å². The Morgan fingerprint density at radius 2 is 1.35 bits per heavy atom. The van der Waals surface area contributed by atoms with Gasteiger partial charge in [-0.3, -0.25) is 14.1 Å². The minimum absolute atomic E-state index is 0.132. The van der Waals surface area contributed by atoms with Crippen LogP contribution in [0.3, 0.4) is 0 Å². The van der Waals surface area contributed by atoms with Gasteiger partial charge >= 0.3 is 5.97 Å². The van der Waals surface area contributed by atoms with Gasteiger partial charge in [-0.25, -0.2) is 4.79 Å². The number of carbonyl (C=O) groups is 3. The maximum Gasteiger partial charge on any atom is 0.339 e. The number of anilines is 3. The highest BCUT2D eigenvalue weighted by Gasteiger charge is 2.23. The zero-order valence-corrected chi connectivity index (χ0v) is 26.0. The lowest BCUT2D eigenvalue weighted by molar-refractivity contribution is 0.0693. The molecule has 14 nitrogen and oxygen atoms in total. The number of hydrogen-bond acceptors (Lipinski definition) is 10. The average molecular weight is 670 g/mol. The van der Waals surface area contributed by atoms with Gasteiger partial charge in [0.05, 0.1) is 5.69 Å². The Bertz CT molecular complexity index is 2300. The molecule has 0 fully saturated rings. The van der Waals surface area contributed by atoms with Crippen LogP contribution in [-0.2, 0) is 10.1 Å². The maximum atomic E-state index is 12.8. The first-order valence-corrected chi connectivity index (χ1v) is 15.4. The summed E-state index contributed by atoms with van der Waals surface area (Å²) in [6.07, 6.45) is 0. The predicted octanol–water partition coefficient (Wildman–Crippen LogP) is 6.31. The first-order valence-electron chi connectivity index (χ1n) is 14.0. The third kappa shape index (κ3) is 6.91. The monoisotopic (exact) mass is 669 g/mol. The largest absolute Gasteiger partial charge is 0.507 e. The SMILES string of the molecule is Cc1cc(C(=O)Nc2ccc3c(O)c(N=Nc4ccc(C(=O)Nc5ccc(O)c(C(=O)O)c5)cc4C)c(S(=O)(=O)O)cc3c2)ccc1N. The molecule has 0 spiro atoms. The summed E-state index contributed by atoms with van der Waals surface area (Å²) in [5.41, 5.74) is 7.67. The number of hydrogen-bond donors (Lipinski definition) is 7. The number of azo groups is 1. The number of carboxylic acids is 1. The van der Waals surface area contributed by atoms with Gasteiger partial charge in [0.1, 0.15) is 21.9 Å². The van der Waals surface area contributed by atoms with Gasteiger partial charge in [-0.15, -0.1) is 5.11 Å². The summed E-state index contributed by atoms with van der Waals surface area (Å²) in [7, 11) is -4.93. The Labute approximate surface area is 272 Å². The number of nitrogens with one attached hydrogen (secondary N) is 2. The Hall–Kier alpha value is -6.32. The lowest BCUT2D eigenvalue weighted by atomic mass is 10.1. The molecule has 0 atom stereocenters. The van der Waals surface area contributed by atoms with E-state index in [9.17, 15) is 42.7 Å². The third-order valence-corrected chi connectivity index (χ3v) is 8.19. The molecule has 0 saturated heterocycles. The van der Waals surface area contributed by atoms with Crippen LogP contribution in [0.4, 0.5) is 28.4 Å². The van der Waals surface area contributed by atoms with Gasteiger partial charge < -0.3 is 31.7 Å². The molecule has 5 aromatic rings. The second-order valence-corrected chi connectivity index (χ2v) is 12.1. The van der Waals surface area contributed by atoms with E-state index in [0.717, 1.165) is 18.2 Å². The fraction of sp³-hybridized carbons (Fsp3) is 0.0606. The number of aromatic hydroxyl groups is 2. The smallest absolute Gasteiger partial charge is 0.339 e. The number of benzene rings is 5. The van der Waals surface area contributed by atoms with E-state index in [4.69, 9.17) is 5.73 Å². The fourth-order valence-corrected chi connectivity index (χ4v) is 5.40. The molecule has 0 unspecified atom stereocenters. The molecule has 48 heavy (non-hydrogen) atoms. The molecule has 8 N–H and O–H groups in total. The van der Waals surface area contributed by atoms with Crippen LogP contribution < -0.4 is 16.4 Å². The number of carboxylic acid groups (broad SMARTS) is 1. The molecule has 0 saturated carbocycles. The number of rotatable bonds is 8. The molecule has 15 heteroatoms. The molecule has 244 valence electrons. The number of phenols is 2. The van der Waals surface area contributed by atoms with Crippen molar-refractivity contribution in [2.45, 2.75) is 18.7 Å². The highest BCUT2D eigenvalue weighted by molar-refractivity contribution is 7.86. The molecule has 0 radical (unpaired) electrons. The van der Waals surface area contributed by atoms with Gasteiger partial charge in [-0.05, 0) is 109 Å². The predicted molar refractivity (Wildman–Crippen MR) is 177 cm³/mol. The highest BCUT2D eigenvalue weighted by atomic mass is 32.2. The molecule has 0 aliphatic carbocycles. The van der Waals surface area contributed by atoms with Crippen LogP contribution in [0.15, 0.2) is 94.0 Å². The molecule has 5 aromatic carbocycles. The number of nitrogens with two attached hydrogens (primary N) is 1. The van der Waals surface area contributed by atoms with Gasteiger partial charge in [0.25, 0.3) is 21.9 Å². The van der Waals surface area contributed by atoms with E-state index in [1.807, 2.05) is 0 Å². The van der Waals surface area contributed by atoms with Crippen LogP contribution >= 0.6 is 0 Å². The van der Waals surface area contributed by atoms with Crippen LogP contribution in [0.1, 0.15) is 42.2 Å². The van der Waals surface area contributed by atoms with Gasteiger partial charge in [-0.1, -0.05) is 0 Å². The second kappa shape index (κ2) is 12.8. The van der Waals surface area contributed by atoms with Gasteiger partial charge in [0.2, 0.25) is 0 Å². The van der Waals surface area contributed by atoms with Crippen LogP contribution in [0, 0.1) is 13.8 Å². The Balaban J connectivity index is 1.42. The van der Waals surface area contributed by atoms with Crippen molar-refractivity contribution in [2.75, 3.05) is 16.4 Å². The lowest BCUT2D eigenvalue weighted by Gasteiger charge is -2.12. The standard InChI is InChI=1S/C33H27N5O9S/c1-16-11-18(3-8-25(16)34)31(41)35-21-5-7-23-20(13-21)14-28(48(45,46)47)29(30(23)40)38-37-26-9-4-19(12-17(26)2)32(42)36-22-6-10-27(39)24(15-22)33(43)44/h3-15,39-40H,34H2,1-2H3,(H,35,41)(H,36,42)(H,43,44)(H,45,46,47). The third-order valence-electron chi connectivity index (χ3n) is 7.32. The van der Waals surface area contributed by atoms with Gasteiger partial charge in [0.15, 0.2) is 5.75 Å². The summed E-state index contributed by atoms with van der Waals surface area (Å²) in [4.78, 5) is 36.1. The lowest BCUT2D eigenvalue weighted by Crippen LogP contribution is -2.12. The Kier molecular flexibility index (Phi) is 8.83. The number of aromatic carboxylic acids is 1. The molecule has 0 aromatic heterocycles. The molecule has 0 heterocycles. The first kappa shape index (κ1) is 33.1. The molecule has 5 rings (SSSR count). The minimum Gasteiger partial charge on any atom is -0.507 e. The summed E-state index contributed by atoms with van der Waals surface area (Å²) in [5, 5.41) is 43.5. The number of fused-ring (bicyclic) bond motifs is 1. The number of nitrogens with zero attached hydrogens (tertiary/aromatic N) is 2. The summed E-state index contributed by atoms with van der Waals surface area (Å²) in [6, 6.07) is 18.0. The maximum absolute atomic E-state index is 12.8. The topological polar surface area (TPSA) is 241 Å². The normalized spacial score (nSPS) is 11.5. The quantitative estimate of drug-likeness (QED) is 0.0420. The molecule has 2 amide bonds. The summed E-state index contributed by atoms with van der Waals surface area (Å²) in [6.45, 7) is 3.35. The molecule has 0 aliphatic rings. The molecule has 0 bridgehead atoms. The fourth-order valence-electron chi connectivity index (χ4n) is 4.74. The number of amides is 2. The van der Waals surface area contributed by atoms with Crippen molar-refractivity contribution in [3.05, 3.63) is 107 Å². The number of nitrogen functional groups attached to an aromatic ring is 1. The van der Waals surface area contributed by atoms with Crippen molar-refractivity contribution in [3.8, 4) is 11.5 Å². The summed E-state index contributed by atoms with van der Waals surface area (Å²) < 4.78 is 34.7. The van der Waals surface area contributed by atoms with Crippen molar-refractivity contribution in [2.24, 2.45) is 10.2 Å². The van der Waals surface area contributed by atoms with E-state index in [-0.39, 0.29) is 33.4 Å². The van der Waals surface area contributed by atoms with E-state index >= 15 is 0 Å². The van der Waals surface area contributed by atoms with Crippen LogP contribution in [0.25, 0.3) is 10.8 Å². The second-order valence-electron chi connectivity index (χ2n) is 10.7. The number of aryl methyl sites for hydroxylation is 2. The van der Waals surface area contributed by atoms with E-state index in [2.05, 4.69) is 20.9 Å². The Morgan fingerprint density at radius 3 is 1.96 bits per heavy atom. The van der Waals surface area contributed by atoms with Crippen LogP contribution in [0.5, 0.6) is 11.5 Å². The van der Waals surface area contributed by atoms with E-state index in [1.165, 1.54) is 42.5 Å². The highest BCUT2D eigenvalue weighted by Crippen LogP contribution is 2.42. The zero-order valence-electron chi connectivity index (χ0n) is 25.2. The number of carbonyl (C=O) groups excluding carboxylic acids is 2. The van der Waals surface area contributed by atoms with Crippen molar-refractivity contribution in [1.82, 2.24) is 0 Å². The minimum atomic E-state index is -4.93.